The van der Waals surface area contributed by atoms with Crippen LogP contribution < -0.4 is 0 Å². The van der Waals surface area contributed by atoms with Crippen molar-refractivity contribution < 1.29 is 224 Å². The monoisotopic (exact) mass is 1150 g/mol. The van der Waals surface area contributed by atoms with Crippen LogP contribution in [0.5, 0.6) is 0 Å². The molecule has 0 rings (SSSR count). The van der Waals surface area contributed by atoms with Gasteiger partial charge in [-0.3, -0.25) is 0 Å². The van der Waals surface area contributed by atoms with Crippen molar-refractivity contribution in [3.63, 3.8) is 0 Å². The van der Waals surface area contributed by atoms with Crippen LogP contribution in [-0.4, -0.2) is 190 Å². The molecule has 7 nitrogen and oxygen atoms in total. The van der Waals surface area contributed by atoms with Crippen molar-refractivity contribution >= 4 is 0 Å². The molecule has 0 aliphatic heterocycles. The van der Waals surface area contributed by atoms with Crippen LogP contribution >= 0.6 is 0 Å². The van der Waals surface area contributed by atoms with Crippen molar-refractivity contribution in [2.24, 2.45) is 0 Å². The molecule has 0 fully saturated rings. The van der Waals surface area contributed by atoms with Gasteiger partial charge in [0.05, 0.1) is 113 Å². The summed E-state index contributed by atoms with van der Waals surface area (Å²) in [7, 11) is 47.2. The van der Waals surface area contributed by atoms with E-state index in [4.69, 9.17) is 5.73 Å². The maximum absolute atomic E-state index is 5.75. The SMILES string of the molecule is CN(C)C.CN(C)C.C[N+](C)(C)C.C[N+](C)(C)C.C[N+](C)(C)C.C[N+](C)(C)C.C[NH-].[Pr].[Pr].[Pr].[Pr].[Pr]. The largest absolute Gasteiger partial charge is 0.680 e. The molecule has 0 aliphatic rings. The molecule has 0 saturated carbocycles. The van der Waals surface area contributed by atoms with Gasteiger partial charge < -0.3 is 33.5 Å². The number of hydrogen-bond donors (Lipinski definition) is 0. The van der Waals surface area contributed by atoms with Crippen molar-refractivity contribution in [1.29, 1.82) is 0 Å². The van der Waals surface area contributed by atoms with Crippen molar-refractivity contribution in [2.45, 2.75) is 0 Å². The number of rotatable bonds is 0. The van der Waals surface area contributed by atoms with Crippen LogP contribution in [0.15, 0.2) is 0 Å². The molecule has 0 heterocycles. The summed E-state index contributed by atoms with van der Waals surface area (Å²) in [4.78, 5) is 4.00. The van der Waals surface area contributed by atoms with Gasteiger partial charge in [0.2, 0.25) is 0 Å². The number of nitrogens with one attached hydrogen (secondary N) is 1. The zero-order valence-corrected chi connectivity index (χ0v) is 47.6. The van der Waals surface area contributed by atoms with Crippen LogP contribution in [0, 0.1) is 206 Å². The summed E-state index contributed by atoms with van der Waals surface area (Å²) >= 11 is 0. The Bertz CT molecular complexity index is 213. The molecular weight excluding hydrogens is 1080 g/mol. The van der Waals surface area contributed by atoms with Gasteiger partial charge >= 0.3 is 0 Å². The first-order valence-corrected chi connectivity index (χ1v) is 10.3. The third kappa shape index (κ3) is 1410. The van der Waals surface area contributed by atoms with Gasteiger partial charge in [0.1, 0.15) is 0 Å². The Morgan fingerprint density at radius 3 is 0.286 bits per heavy atom. The summed E-state index contributed by atoms with van der Waals surface area (Å²) in [5.74, 6) is 0. The van der Waals surface area contributed by atoms with E-state index in [1.807, 2.05) is 52.1 Å². The first-order valence-electron chi connectivity index (χ1n) is 10.3. The average Bonchev–Trinajstić information content (AvgIpc) is 2.18. The molecule has 0 aromatic carbocycles. The molecular formula is C23H70N7Pr5+3. The second-order valence-corrected chi connectivity index (χ2v) is 13.4. The third-order valence-corrected chi connectivity index (χ3v) is 0. The van der Waals surface area contributed by atoms with Gasteiger partial charge in [0, 0.05) is 206 Å². The Morgan fingerprint density at radius 2 is 0.286 bits per heavy atom. The Labute approximate surface area is 393 Å². The Kier molecular flexibility index (Phi) is 106. The normalized spacial score (nSPS) is 9.09. The van der Waals surface area contributed by atoms with Crippen LogP contribution in [0.4, 0.5) is 0 Å². The van der Waals surface area contributed by atoms with Crippen LogP contribution in [0.2, 0.25) is 0 Å². The summed E-state index contributed by atoms with van der Waals surface area (Å²) in [6.07, 6.45) is 0. The number of hydrogen-bond acceptors (Lipinski definition) is 2. The molecule has 12 heteroatoms. The summed E-state index contributed by atoms with van der Waals surface area (Å²) in [6, 6.07) is 0. The minimum absolute atomic E-state index is 0. The van der Waals surface area contributed by atoms with Crippen LogP contribution in [0.3, 0.4) is 0 Å². The smallest absolute Gasteiger partial charge is 0.0675 e. The molecule has 0 amide bonds. The van der Waals surface area contributed by atoms with Gasteiger partial charge in [-0.15, -0.1) is 0 Å². The molecule has 1 N–H and O–H groups in total. The molecule has 0 atom stereocenters. The van der Waals surface area contributed by atoms with Gasteiger partial charge in [0.15, 0.2) is 0 Å². The Morgan fingerprint density at radius 1 is 0.286 bits per heavy atom. The van der Waals surface area contributed by atoms with Gasteiger partial charge in [0.25, 0.3) is 0 Å². The fraction of sp³-hybridized carbons (Fsp3) is 1.00. The summed E-state index contributed by atoms with van der Waals surface area (Å²) < 4.78 is 4.00. The van der Waals surface area contributed by atoms with E-state index < -0.39 is 0 Å². The summed E-state index contributed by atoms with van der Waals surface area (Å²) in [6.45, 7) is 0. The van der Waals surface area contributed by atoms with Gasteiger partial charge in [-0.1, -0.05) is 0 Å². The quantitative estimate of drug-likeness (QED) is 0.350. The van der Waals surface area contributed by atoms with Crippen molar-refractivity contribution in [3.05, 3.63) is 5.73 Å². The van der Waals surface area contributed by atoms with E-state index in [1.165, 1.54) is 7.05 Å². The molecule has 0 unspecified atom stereocenters. The fourth-order valence-corrected chi connectivity index (χ4v) is 0. The van der Waals surface area contributed by atoms with E-state index in [0.717, 1.165) is 17.9 Å². The van der Waals surface area contributed by atoms with E-state index in [2.05, 4.69) is 113 Å². The van der Waals surface area contributed by atoms with E-state index in [-0.39, 0.29) is 206 Å². The molecule has 209 valence electrons. The second-order valence-electron chi connectivity index (χ2n) is 13.4. The number of quaternary nitrogens is 4. The minimum Gasteiger partial charge on any atom is -0.680 e. The van der Waals surface area contributed by atoms with E-state index >= 15 is 0 Å². The van der Waals surface area contributed by atoms with E-state index in [1.54, 1.807) is 0 Å². The zero-order valence-electron chi connectivity index (χ0n) is 29.1. The third-order valence-electron chi connectivity index (χ3n) is 0. The molecule has 0 bridgehead atoms. The summed E-state index contributed by atoms with van der Waals surface area (Å²) in [5.41, 5.74) is 5.75. The second kappa shape index (κ2) is 47.5. The van der Waals surface area contributed by atoms with Crippen molar-refractivity contribution in [1.82, 2.24) is 9.80 Å². The average molecular weight is 1150 g/mol. The zero-order chi connectivity index (χ0) is 27.2. The van der Waals surface area contributed by atoms with Gasteiger partial charge in [-0.05, 0) is 42.3 Å². The standard InChI is InChI=1S/4C4H12N.2C3H9N.CH4N.5Pr/c4*1-5(2,3)4;2*1-4(2)3;1-2;;;;;/h4*1-4H3;2*1-3H3;2H,1H3;;;;;/q4*+1;;;-1;;;;;. The molecule has 0 aromatic rings. The van der Waals surface area contributed by atoms with E-state index in [9.17, 15) is 0 Å². The predicted molar refractivity (Wildman–Crippen MR) is 145 cm³/mol. The molecule has 0 spiro atoms. The Balaban J connectivity index is -0.0000000174. The van der Waals surface area contributed by atoms with Crippen molar-refractivity contribution in [3.8, 4) is 0 Å². The summed E-state index contributed by atoms with van der Waals surface area (Å²) in [5, 5.41) is 0. The predicted octanol–water partition coefficient (Wildman–Crippen LogP) is 2.31. The maximum atomic E-state index is 5.75. The first-order chi connectivity index (χ1) is 12.5. The topological polar surface area (TPSA) is 30.3 Å². The van der Waals surface area contributed by atoms with Crippen LogP contribution in [0.1, 0.15) is 0 Å². The maximum Gasteiger partial charge on any atom is 0.0675 e. The first kappa shape index (κ1) is 78.2. The molecule has 0 aliphatic carbocycles. The van der Waals surface area contributed by atoms with Crippen LogP contribution in [-0.2, 0) is 0 Å². The molecule has 5 radical (unpaired) electrons. The number of nitrogens with zero attached hydrogens (tertiary/aromatic N) is 6. The van der Waals surface area contributed by atoms with Crippen molar-refractivity contribution in [2.75, 3.05) is 162 Å². The van der Waals surface area contributed by atoms with Gasteiger partial charge in [-0.2, -0.15) is 7.05 Å². The fourth-order valence-electron chi connectivity index (χ4n) is 0. The van der Waals surface area contributed by atoms with Gasteiger partial charge in [-0.25, -0.2) is 0 Å². The molecule has 0 saturated heterocycles. The minimum atomic E-state index is 0. The van der Waals surface area contributed by atoms with Crippen LogP contribution in [0.25, 0.3) is 5.73 Å². The molecule has 0 aromatic heterocycles. The van der Waals surface area contributed by atoms with E-state index in [0.29, 0.717) is 0 Å². The Hall–Kier alpha value is 6.54. The molecule has 35 heavy (non-hydrogen) atoms.